The van der Waals surface area contributed by atoms with Gasteiger partial charge in [-0.1, -0.05) is 24.3 Å². The van der Waals surface area contributed by atoms with Crippen molar-refractivity contribution in [3.8, 4) is 11.1 Å². The Hall–Kier alpha value is -3.07. The summed E-state index contributed by atoms with van der Waals surface area (Å²) in [7, 11) is -9.59. The van der Waals surface area contributed by atoms with E-state index in [-0.39, 0.29) is 28.0 Å². The second-order valence-corrected chi connectivity index (χ2v) is 14.0. The van der Waals surface area contributed by atoms with Crippen LogP contribution in [0.5, 0.6) is 0 Å². The van der Waals surface area contributed by atoms with Crippen molar-refractivity contribution in [3.63, 3.8) is 0 Å². The normalized spacial score (nSPS) is 23.1. The Morgan fingerprint density at radius 2 is 1.71 bits per heavy atom. The maximum Gasteiger partial charge on any atom is 0.340 e. The van der Waals surface area contributed by atoms with Gasteiger partial charge in [-0.3, -0.25) is 18.5 Å². The lowest BCUT2D eigenvalue weighted by Gasteiger charge is -2.18. The van der Waals surface area contributed by atoms with E-state index in [9.17, 15) is 29.0 Å². The van der Waals surface area contributed by atoms with E-state index in [1.165, 1.54) is 10.9 Å². The van der Waals surface area contributed by atoms with Crippen LogP contribution >= 0.6 is 26.8 Å². The van der Waals surface area contributed by atoms with Gasteiger partial charge in [-0.2, -0.15) is 9.97 Å². The van der Waals surface area contributed by atoms with Crippen molar-refractivity contribution in [2.24, 2.45) is 0 Å². The van der Waals surface area contributed by atoms with E-state index in [4.69, 9.17) is 30.6 Å². The van der Waals surface area contributed by atoms with Gasteiger partial charge in [0, 0.05) is 16.8 Å². The predicted octanol–water partition coefficient (Wildman–Crippen LogP) is 2.39. The van der Waals surface area contributed by atoms with Gasteiger partial charge in [-0.25, -0.2) is 4.98 Å². The molecule has 2 aromatic carbocycles. The number of nitrogens with zero attached hydrogens (tertiary/aromatic N) is 4. The predicted molar refractivity (Wildman–Crippen MR) is 148 cm³/mol. The summed E-state index contributed by atoms with van der Waals surface area (Å²) < 4.78 is 34.8. The molecule has 0 spiro atoms. The molecule has 220 valence electrons. The molecule has 3 unspecified atom stereocenters. The molecule has 1 saturated heterocycles. The summed E-state index contributed by atoms with van der Waals surface area (Å²) in [5.74, 6) is -1.28. The molecule has 2 aromatic heterocycles. The SMILES string of the molecule is O=C1c2ccccc2-c2cc(Nc3nc(Cl)nc4c3ncn4[C@@H]3O[C@H](COP(=O)(O)CP(=O)(O)O)C(O)C3O)ccc21. The number of hydrogen-bond donors (Lipinski definition) is 6. The Balaban J connectivity index is 1.26. The third-order valence-corrected chi connectivity index (χ3v) is 10.4. The molecule has 2 aliphatic rings. The van der Waals surface area contributed by atoms with Crippen molar-refractivity contribution in [2.45, 2.75) is 24.5 Å². The summed E-state index contributed by atoms with van der Waals surface area (Å²) in [5.41, 5.74) is 3.66. The first-order chi connectivity index (χ1) is 19.8. The van der Waals surface area contributed by atoms with Crippen LogP contribution in [-0.2, 0) is 18.4 Å². The molecule has 3 heterocycles. The summed E-state index contributed by atoms with van der Waals surface area (Å²) in [5, 5.41) is 24.1. The van der Waals surface area contributed by atoms with Crippen LogP contribution in [0, 0.1) is 0 Å². The highest BCUT2D eigenvalue weighted by atomic mass is 35.5. The Bertz CT molecular complexity index is 1830. The van der Waals surface area contributed by atoms with Crippen molar-refractivity contribution in [3.05, 3.63) is 65.2 Å². The Kier molecular flexibility index (Phi) is 7.31. The minimum atomic E-state index is -4.86. The summed E-state index contributed by atoms with van der Waals surface area (Å²) in [4.78, 5) is 53.1. The van der Waals surface area contributed by atoms with E-state index in [2.05, 4.69) is 20.3 Å². The standard InChI is InChI=1S/C24H22ClN5O10P2/c25-24-28-21(27-11-5-6-14-15(7-11)12-3-1-2-4-13(12)18(14)31)17-22(29-24)30(9-26-17)23-20(33)19(32)16(40-23)8-39-42(37,38)10-41(34,35)36/h1-7,9,16,19-20,23,32-33H,8,10H2,(H,37,38)(H,27,28,29)(H2,34,35,36)/t16-,19?,20?,23-/m1/s1. The minimum Gasteiger partial charge on any atom is -0.387 e. The fraction of sp³-hybridized carbons (Fsp3) is 0.250. The van der Waals surface area contributed by atoms with Crippen LogP contribution in [-0.4, -0.2) is 81.0 Å². The second-order valence-electron chi connectivity index (χ2n) is 9.71. The third kappa shape index (κ3) is 5.40. The number of aromatic nitrogens is 4. The highest BCUT2D eigenvalue weighted by Crippen LogP contribution is 2.55. The Labute approximate surface area is 241 Å². The number of ketones is 1. The zero-order valence-corrected chi connectivity index (χ0v) is 23.7. The number of aliphatic hydroxyl groups excluding tert-OH is 2. The van der Waals surface area contributed by atoms with E-state index in [0.717, 1.165) is 11.1 Å². The molecule has 1 fully saturated rings. The molecule has 1 aliphatic heterocycles. The molecular weight excluding hydrogens is 616 g/mol. The molecule has 6 N–H and O–H groups in total. The largest absolute Gasteiger partial charge is 0.387 e. The fourth-order valence-electron chi connectivity index (χ4n) is 4.96. The monoisotopic (exact) mass is 637 g/mol. The zero-order chi connectivity index (χ0) is 30.0. The summed E-state index contributed by atoms with van der Waals surface area (Å²) in [6, 6.07) is 12.5. The molecule has 4 aromatic rings. The number of nitrogens with one attached hydrogen (secondary N) is 1. The van der Waals surface area contributed by atoms with Gasteiger partial charge in [0.05, 0.1) is 12.9 Å². The molecule has 0 radical (unpaired) electrons. The van der Waals surface area contributed by atoms with Gasteiger partial charge in [0.25, 0.3) is 0 Å². The minimum absolute atomic E-state index is 0.0667. The van der Waals surface area contributed by atoms with Gasteiger partial charge >= 0.3 is 15.2 Å². The lowest BCUT2D eigenvalue weighted by Crippen LogP contribution is -2.33. The average molecular weight is 638 g/mol. The van der Waals surface area contributed by atoms with Crippen molar-refractivity contribution in [1.29, 1.82) is 0 Å². The van der Waals surface area contributed by atoms with Crippen LogP contribution in [0.3, 0.4) is 0 Å². The number of benzene rings is 2. The van der Waals surface area contributed by atoms with Gasteiger partial charge in [-0.15, -0.1) is 0 Å². The van der Waals surface area contributed by atoms with E-state index in [1.807, 2.05) is 12.1 Å². The van der Waals surface area contributed by atoms with Crippen LogP contribution in [0.4, 0.5) is 11.5 Å². The number of carbonyl (C=O) groups is 1. The molecule has 42 heavy (non-hydrogen) atoms. The molecule has 0 saturated carbocycles. The summed E-state index contributed by atoms with van der Waals surface area (Å²) >= 11 is 6.21. The quantitative estimate of drug-likeness (QED) is 0.106. The lowest BCUT2D eigenvalue weighted by molar-refractivity contribution is -0.0483. The number of aliphatic hydroxyl groups is 2. The van der Waals surface area contributed by atoms with E-state index >= 15 is 0 Å². The number of anilines is 2. The van der Waals surface area contributed by atoms with Gasteiger partial charge in [0.15, 0.2) is 34.9 Å². The van der Waals surface area contributed by atoms with Crippen molar-refractivity contribution in [2.75, 3.05) is 17.8 Å². The molecular formula is C24H22ClN5O10P2. The molecule has 1 aliphatic carbocycles. The van der Waals surface area contributed by atoms with Crippen LogP contribution in [0.25, 0.3) is 22.3 Å². The van der Waals surface area contributed by atoms with E-state index in [0.29, 0.717) is 16.8 Å². The van der Waals surface area contributed by atoms with Crippen LogP contribution in [0.1, 0.15) is 22.1 Å². The number of imidazole rings is 1. The maximum absolute atomic E-state index is 12.7. The number of fused-ring (bicyclic) bond motifs is 4. The average Bonchev–Trinajstić information content (AvgIpc) is 3.54. The van der Waals surface area contributed by atoms with Crippen molar-refractivity contribution in [1.82, 2.24) is 19.5 Å². The van der Waals surface area contributed by atoms with Crippen LogP contribution in [0.2, 0.25) is 5.28 Å². The van der Waals surface area contributed by atoms with E-state index in [1.54, 1.807) is 30.3 Å². The third-order valence-electron chi connectivity index (χ3n) is 6.80. The molecule has 0 bridgehead atoms. The maximum atomic E-state index is 12.7. The van der Waals surface area contributed by atoms with E-state index < -0.39 is 52.2 Å². The van der Waals surface area contributed by atoms with Crippen molar-refractivity contribution >= 4 is 55.2 Å². The zero-order valence-electron chi connectivity index (χ0n) is 21.2. The molecule has 15 nitrogen and oxygen atoms in total. The van der Waals surface area contributed by atoms with Gasteiger partial charge in [-0.05, 0) is 40.9 Å². The first-order valence-corrected chi connectivity index (χ1v) is 16.2. The Morgan fingerprint density at radius 1 is 1.00 bits per heavy atom. The van der Waals surface area contributed by atoms with Crippen LogP contribution < -0.4 is 5.32 Å². The summed E-state index contributed by atoms with van der Waals surface area (Å²) in [6.07, 6.45) is -4.54. The lowest BCUT2D eigenvalue weighted by atomic mass is 10.1. The fourth-order valence-corrected chi connectivity index (χ4v) is 7.70. The topological polar surface area (TPSA) is 226 Å². The first kappa shape index (κ1) is 29.0. The summed E-state index contributed by atoms with van der Waals surface area (Å²) in [6.45, 7) is -0.748. The van der Waals surface area contributed by atoms with Crippen LogP contribution in [0.15, 0.2) is 48.8 Å². The number of carbonyl (C=O) groups excluding carboxylic acids is 1. The van der Waals surface area contributed by atoms with Gasteiger partial charge in [0.2, 0.25) is 5.28 Å². The number of ether oxygens (including phenoxy) is 1. The smallest absolute Gasteiger partial charge is 0.340 e. The highest BCUT2D eigenvalue weighted by molar-refractivity contribution is 7.70. The molecule has 6 rings (SSSR count). The first-order valence-electron chi connectivity index (χ1n) is 12.3. The molecule has 18 heteroatoms. The van der Waals surface area contributed by atoms with Crippen molar-refractivity contribution < 1.29 is 48.1 Å². The molecule has 0 amide bonds. The number of rotatable bonds is 8. The van der Waals surface area contributed by atoms with Gasteiger partial charge in [0.1, 0.15) is 18.3 Å². The number of halogens is 1. The number of hydrogen-bond acceptors (Lipinski definition) is 11. The second kappa shape index (κ2) is 10.6. The molecule has 5 atom stereocenters. The highest BCUT2D eigenvalue weighted by Gasteiger charge is 2.46. The Morgan fingerprint density at radius 3 is 2.45 bits per heavy atom. The van der Waals surface area contributed by atoms with Gasteiger partial charge < -0.3 is 39.5 Å².